The molecule has 0 radical (unpaired) electrons. The maximum Gasteiger partial charge on any atom is 0.407 e. The van der Waals surface area contributed by atoms with Crippen molar-refractivity contribution in [2.45, 2.75) is 32.9 Å². The Balaban J connectivity index is 2.19. The van der Waals surface area contributed by atoms with Gasteiger partial charge in [0.05, 0.1) is 12.7 Å². The van der Waals surface area contributed by atoms with Crippen LogP contribution in [0.2, 0.25) is 0 Å². The minimum Gasteiger partial charge on any atom is -0.508 e. The number of phenolic OH excluding ortho intramolecular Hbond substituents is 1. The first kappa shape index (κ1) is 19.3. The summed E-state index contributed by atoms with van der Waals surface area (Å²) in [6.07, 6.45) is -0.560. The number of carbonyl (C=O) groups excluding carboxylic acids is 2. The van der Waals surface area contributed by atoms with Crippen molar-refractivity contribution in [3.63, 3.8) is 0 Å². The molecule has 0 aliphatic carbocycles. The van der Waals surface area contributed by atoms with E-state index < -0.39 is 17.7 Å². The van der Waals surface area contributed by atoms with Crippen molar-refractivity contribution in [2.75, 3.05) is 7.11 Å². The molecule has 0 spiro atoms. The average Bonchev–Trinajstić information content (AvgIpc) is 2.59. The Bertz CT molecular complexity index is 808. The number of nitrogens with one attached hydrogen (secondary N) is 1. The smallest absolute Gasteiger partial charge is 0.407 e. The number of alkyl carbamates (subject to hydrolysis) is 1. The predicted molar refractivity (Wildman–Crippen MR) is 98.0 cm³/mol. The molecule has 6 heteroatoms. The second-order valence-electron chi connectivity index (χ2n) is 6.77. The van der Waals surface area contributed by atoms with E-state index in [2.05, 4.69) is 5.32 Å². The molecule has 2 N–H and O–H groups in total. The van der Waals surface area contributed by atoms with Crippen LogP contribution in [0.15, 0.2) is 42.5 Å². The van der Waals surface area contributed by atoms with Crippen LogP contribution in [0, 0.1) is 0 Å². The van der Waals surface area contributed by atoms with Gasteiger partial charge in [0.2, 0.25) is 0 Å². The summed E-state index contributed by atoms with van der Waals surface area (Å²) in [4.78, 5) is 23.5. The third kappa shape index (κ3) is 5.24. The van der Waals surface area contributed by atoms with Gasteiger partial charge in [0.15, 0.2) is 0 Å². The summed E-state index contributed by atoms with van der Waals surface area (Å²) in [7, 11) is 1.33. The molecule has 138 valence electrons. The first-order valence-electron chi connectivity index (χ1n) is 8.17. The maximum atomic E-state index is 11.8. The Morgan fingerprint density at radius 3 is 2.42 bits per heavy atom. The van der Waals surface area contributed by atoms with E-state index in [-0.39, 0.29) is 12.3 Å². The number of benzene rings is 2. The quantitative estimate of drug-likeness (QED) is 0.812. The van der Waals surface area contributed by atoms with Crippen LogP contribution >= 0.6 is 0 Å². The van der Waals surface area contributed by atoms with Crippen molar-refractivity contribution < 1.29 is 24.2 Å². The van der Waals surface area contributed by atoms with Crippen molar-refractivity contribution in [3.8, 4) is 16.9 Å². The van der Waals surface area contributed by atoms with Crippen LogP contribution in [0.25, 0.3) is 11.1 Å². The van der Waals surface area contributed by atoms with E-state index in [4.69, 9.17) is 9.47 Å². The lowest BCUT2D eigenvalue weighted by molar-refractivity contribution is 0.0522. The normalized spacial score (nSPS) is 10.9. The zero-order chi connectivity index (χ0) is 19.3. The number of hydrogen-bond acceptors (Lipinski definition) is 5. The summed E-state index contributed by atoms with van der Waals surface area (Å²) in [5.74, 6) is -0.355. The highest BCUT2D eigenvalue weighted by molar-refractivity contribution is 5.91. The molecule has 0 saturated heterocycles. The number of methoxy groups -OCH3 is 1. The van der Waals surface area contributed by atoms with E-state index in [1.807, 2.05) is 6.07 Å². The molecule has 2 aromatic carbocycles. The van der Waals surface area contributed by atoms with E-state index in [1.54, 1.807) is 57.2 Å². The van der Waals surface area contributed by atoms with Crippen LogP contribution in [0.4, 0.5) is 4.79 Å². The lowest BCUT2D eigenvalue weighted by Crippen LogP contribution is -2.32. The van der Waals surface area contributed by atoms with Gasteiger partial charge in [-0.25, -0.2) is 9.59 Å². The zero-order valence-electron chi connectivity index (χ0n) is 15.3. The summed E-state index contributed by atoms with van der Waals surface area (Å²) in [5.41, 5.74) is 1.98. The number of phenols is 1. The molecule has 0 atom stereocenters. The molecule has 1 amide bonds. The molecule has 0 bridgehead atoms. The maximum absolute atomic E-state index is 11.8. The van der Waals surface area contributed by atoms with Crippen LogP contribution < -0.4 is 5.32 Å². The number of esters is 1. The van der Waals surface area contributed by atoms with Crippen molar-refractivity contribution in [1.82, 2.24) is 5.32 Å². The van der Waals surface area contributed by atoms with Gasteiger partial charge in [-0.15, -0.1) is 0 Å². The summed E-state index contributed by atoms with van der Waals surface area (Å²) in [6.45, 7) is 5.45. The second-order valence-corrected chi connectivity index (χ2v) is 6.77. The van der Waals surface area contributed by atoms with E-state index >= 15 is 0 Å². The van der Waals surface area contributed by atoms with Crippen LogP contribution in [-0.2, 0) is 16.0 Å². The molecule has 2 rings (SSSR count). The van der Waals surface area contributed by atoms with Gasteiger partial charge in [-0.3, -0.25) is 0 Å². The van der Waals surface area contributed by atoms with Crippen molar-refractivity contribution in [2.24, 2.45) is 0 Å². The van der Waals surface area contributed by atoms with E-state index in [0.717, 1.165) is 11.1 Å². The molecule has 0 unspecified atom stereocenters. The molecule has 0 aromatic heterocycles. The van der Waals surface area contributed by atoms with Gasteiger partial charge in [-0.1, -0.05) is 18.2 Å². The first-order chi connectivity index (χ1) is 12.2. The summed E-state index contributed by atoms with van der Waals surface area (Å²) < 4.78 is 9.92. The number of aromatic hydroxyl groups is 1. The Kier molecular flexibility index (Phi) is 5.87. The molecule has 0 aliphatic heterocycles. The second kappa shape index (κ2) is 7.91. The molecule has 6 nitrogen and oxygen atoms in total. The van der Waals surface area contributed by atoms with E-state index in [1.165, 1.54) is 7.11 Å². The Morgan fingerprint density at radius 1 is 1.08 bits per heavy atom. The molecule has 26 heavy (non-hydrogen) atoms. The fourth-order valence-corrected chi connectivity index (χ4v) is 2.33. The van der Waals surface area contributed by atoms with Gasteiger partial charge in [0.1, 0.15) is 11.4 Å². The van der Waals surface area contributed by atoms with Crippen LogP contribution in [0.3, 0.4) is 0 Å². The highest BCUT2D eigenvalue weighted by Gasteiger charge is 2.16. The fraction of sp³-hybridized carbons (Fsp3) is 0.300. The van der Waals surface area contributed by atoms with Crippen molar-refractivity contribution >= 4 is 12.1 Å². The minimum absolute atomic E-state index is 0.0638. The average molecular weight is 357 g/mol. The van der Waals surface area contributed by atoms with Crippen molar-refractivity contribution in [1.29, 1.82) is 0 Å². The van der Waals surface area contributed by atoms with Gasteiger partial charge >= 0.3 is 12.1 Å². The Labute approximate surface area is 152 Å². The molecule has 0 saturated carbocycles. The van der Waals surface area contributed by atoms with Crippen LogP contribution in [0.5, 0.6) is 5.75 Å². The Morgan fingerprint density at radius 2 is 1.77 bits per heavy atom. The molecule has 0 fully saturated rings. The highest BCUT2D eigenvalue weighted by atomic mass is 16.6. The summed E-state index contributed by atoms with van der Waals surface area (Å²) in [5, 5.41) is 12.7. The van der Waals surface area contributed by atoms with E-state index in [9.17, 15) is 14.7 Å². The Hall–Kier alpha value is -3.02. The lowest BCUT2D eigenvalue weighted by atomic mass is 10.0. The minimum atomic E-state index is -0.595. The largest absolute Gasteiger partial charge is 0.508 e. The molecular weight excluding hydrogens is 334 g/mol. The number of amides is 1. The number of hydrogen-bond donors (Lipinski definition) is 2. The summed E-state index contributed by atoms with van der Waals surface area (Å²) >= 11 is 0. The molecular formula is C20H23NO5. The van der Waals surface area contributed by atoms with Gasteiger partial charge in [0.25, 0.3) is 0 Å². The number of carbonyl (C=O) groups is 2. The van der Waals surface area contributed by atoms with Crippen molar-refractivity contribution in [3.05, 3.63) is 53.6 Å². The van der Waals surface area contributed by atoms with Gasteiger partial charge in [-0.05, 0) is 56.2 Å². The third-order valence-corrected chi connectivity index (χ3v) is 3.52. The highest BCUT2D eigenvalue weighted by Crippen LogP contribution is 2.27. The topological polar surface area (TPSA) is 84.9 Å². The lowest BCUT2D eigenvalue weighted by Gasteiger charge is -2.20. The summed E-state index contributed by atoms with van der Waals surface area (Å²) in [6, 6.07) is 12.0. The predicted octanol–water partition coefficient (Wildman–Crippen LogP) is 3.87. The first-order valence-corrected chi connectivity index (χ1v) is 8.17. The third-order valence-electron chi connectivity index (χ3n) is 3.52. The fourth-order valence-electron chi connectivity index (χ4n) is 2.33. The monoisotopic (exact) mass is 357 g/mol. The van der Waals surface area contributed by atoms with E-state index in [0.29, 0.717) is 11.1 Å². The van der Waals surface area contributed by atoms with Crippen LogP contribution in [0.1, 0.15) is 36.7 Å². The number of rotatable bonds is 4. The van der Waals surface area contributed by atoms with Crippen LogP contribution in [-0.4, -0.2) is 29.9 Å². The molecule has 0 heterocycles. The standard InChI is InChI=1S/C20H23NO5/c1-20(2,3)26-19(24)21-12-16-11-14(8-9-17(16)22)13-6-5-7-15(10-13)18(23)25-4/h5-11,22H,12H2,1-4H3,(H,21,24). The number of ether oxygens (including phenoxy) is 2. The molecule has 0 aliphatic rings. The molecule has 2 aromatic rings. The van der Waals surface area contributed by atoms with Gasteiger partial charge in [0, 0.05) is 12.1 Å². The SMILES string of the molecule is COC(=O)c1cccc(-c2ccc(O)c(CNC(=O)OC(C)(C)C)c2)c1. The van der Waals surface area contributed by atoms with Gasteiger partial charge in [-0.2, -0.15) is 0 Å². The van der Waals surface area contributed by atoms with Gasteiger partial charge < -0.3 is 19.9 Å². The zero-order valence-corrected chi connectivity index (χ0v) is 15.3.